The summed E-state index contributed by atoms with van der Waals surface area (Å²) in [6.07, 6.45) is 3.61. The van der Waals surface area contributed by atoms with Crippen molar-refractivity contribution in [2.75, 3.05) is 11.9 Å². The quantitative estimate of drug-likeness (QED) is 0.410. The summed E-state index contributed by atoms with van der Waals surface area (Å²) in [4.78, 5) is 40.9. The van der Waals surface area contributed by atoms with Gasteiger partial charge in [-0.05, 0) is 24.1 Å². The molecule has 0 saturated carbocycles. The number of hydrogen-bond acceptors (Lipinski definition) is 6. The number of imidazole rings is 1. The van der Waals surface area contributed by atoms with Crippen LogP contribution in [-0.2, 0) is 41.2 Å². The highest BCUT2D eigenvalue weighted by molar-refractivity contribution is 7.88. The molecule has 1 amide bonds. The Bertz CT molecular complexity index is 1400. The molecule has 11 nitrogen and oxygen atoms in total. The highest BCUT2D eigenvalue weighted by Gasteiger charge is 2.14. The SMILES string of the molecule is C=CCNS(=O)(=O)Cc1ccc(NC(=O)CCCn2cnc3c2c(=O)n(C)c(=O)n3C)cc1. The Labute approximate surface area is 190 Å². The van der Waals surface area contributed by atoms with Gasteiger partial charge in [0.1, 0.15) is 0 Å². The predicted molar refractivity (Wildman–Crippen MR) is 125 cm³/mol. The van der Waals surface area contributed by atoms with E-state index >= 15 is 0 Å². The number of aromatic nitrogens is 4. The molecule has 33 heavy (non-hydrogen) atoms. The van der Waals surface area contributed by atoms with Crippen LogP contribution in [0, 0.1) is 0 Å². The van der Waals surface area contributed by atoms with Crippen molar-refractivity contribution in [2.24, 2.45) is 14.1 Å². The minimum absolute atomic E-state index is 0.165. The maximum atomic E-state index is 12.5. The smallest absolute Gasteiger partial charge is 0.326 e. The minimum atomic E-state index is -3.45. The molecular formula is C21H26N6O5S. The second kappa shape index (κ2) is 9.96. The maximum absolute atomic E-state index is 12.5. The molecule has 2 aromatic heterocycles. The number of sulfonamides is 1. The van der Waals surface area contributed by atoms with Gasteiger partial charge in [-0.1, -0.05) is 18.2 Å². The van der Waals surface area contributed by atoms with Crippen LogP contribution < -0.4 is 21.3 Å². The fraction of sp³-hybridized carbons (Fsp3) is 0.333. The molecule has 0 fully saturated rings. The summed E-state index contributed by atoms with van der Waals surface area (Å²) in [5, 5.41) is 2.77. The molecule has 12 heteroatoms. The number of carbonyl (C=O) groups is 1. The van der Waals surface area contributed by atoms with Crippen molar-refractivity contribution in [3.8, 4) is 0 Å². The van der Waals surface area contributed by atoms with Crippen LogP contribution in [0.3, 0.4) is 0 Å². The second-order valence-corrected chi connectivity index (χ2v) is 9.37. The topological polar surface area (TPSA) is 137 Å². The van der Waals surface area contributed by atoms with Gasteiger partial charge in [0.25, 0.3) is 5.56 Å². The lowest BCUT2D eigenvalue weighted by Gasteiger charge is -2.09. The standard InChI is InChI=1S/C21H26N6O5S/c1-4-11-23-33(31,32)13-15-7-9-16(10-8-15)24-17(28)6-5-12-27-14-22-19-18(27)20(29)26(3)21(30)25(19)2/h4,7-10,14,23H,1,5-6,11-13H2,2-3H3,(H,24,28). The van der Waals surface area contributed by atoms with Crippen molar-refractivity contribution >= 4 is 32.8 Å². The third-order valence-electron chi connectivity index (χ3n) is 5.06. The fourth-order valence-electron chi connectivity index (χ4n) is 3.34. The highest BCUT2D eigenvalue weighted by Crippen LogP contribution is 2.13. The summed E-state index contributed by atoms with van der Waals surface area (Å²) in [5.41, 5.74) is 0.873. The highest BCUT2D eigenvalue weighted by atomic mass is 32.2. The molecule has 1 aromatic carbocycles. The van der Waals surface area contributed by atoms with Crippen molar-refractivity contribution in [1.29, 1.82) is 0 Å². The Hall–Kier alpha value is -3.51. The van der Waals surface area contributed by atoms with Crippen molar-refractivity contribution in [3.05, 3.63) is 69.6 Å². The van der Waals surface area contributed by atoms with Crippen LogP contribution in [0.1, 0.15) is 18.4 Å². The van der Waals surface area contributed by atoms with Gasteiger partial charge in [-0.15, -0.1) is 6.58 Å². The Kier molecular flexibility index (Phi) is 7.29. The average Bonchev–Trinajstić information content (AvgIpc) is 3.20. The molecule has 0 atom stereocenters. The third kappa shape index (κ3) is 5.65. The molecular weight excluding hydrogens is 448 g/mol. The van der Waals surface area contributed by atoms with Crippen LogP contribution in [0.25, 0.3) is 11.2 Å². The number of fused-ring (bicyclic) bond motifs is 1. The molecule has 0 aliphatic heterocycles. The van der Waals surface area contributed by atoms with E-state index in [0.717, 1.165) is 4.57 Å². The van der Waals surface area contributed by atoms with Gasteiger partial charge in [0.05, 0.1) is 12.1 Å². The summed E-state index contributed by atoms with van der Waals surface area (Å²) in [7, 11) is -0.492. The Morgan fingerprint density at radius 2 is 1.85 bits per heavy atom. The number of carbonyl (C=O) groups excluding carboxylic acids is 1. The summed E-state index contributed by atoms with van der Waals surface area (Å²) in [6.45, 7) is 4.02. The number of rotatable bonds is 10. The van der Waals surface area contributed by atoms with E-state index in [4.69, 9.17) is 0 Å². The minimum Gasteiger partial charge on any atom is -0.326 e. The van der Waals surface area contributed by atoms with Gasteiger partial charge in [0.2, 0.25) is 15.9 Å². The number of nitrogens with one attached hydrogen (secondary N) is 2. The van der Waals surface area contributed by atoms with Gasteiger partial charge >= 0.3 is 5.69 Å². The average molecular weight is 475 g/mol. The van der Waals surface area contributed by atoms with Crippen molar-refractivity contribution in [1.82, 2.24) is 23.4 Å². The van der Waals surface area contributed by atoms with Gasteiger partial charge < -0.3 is 9.88 Å². The second-order valence-electron chi connectivity index (χ2n) is 7.56. The molecule has 0 unspecified atom stereocenters. The van der Waals surface area contributed by atoms with Gasteiger partial charge in [-0.3, -0.25) is 18.7 Å². The first kappa shape index (κ1) is 24.1. The number of benzene rings is 1. The lowest BCUT2D eigenvalue weighted by Crippen LogP contribution is -2.37. The Morgan fingerprint density at radius 1 is 1.15 bits per heavy atom. The summed E-state index contributed by atoms with van der Waals surface area (Å²) < 4.78 is 30.2. The summed E-state index contributed by atoms with van der Waals surface area (Å²) >= 11 is 0. The first-order valence-electron chi connectivity index (χ1n) is 10.2. The zero-order chi connectivity index (χ0) is 24.2. The zero-order valence-corrected chi connectivity index (χ0v) is 19.3. The summed E-state index contributed by atoms with van der Waals surface area (Å²) in [5.74, 6) is -0.383. The number of nitrogens with zero attached hydrogens (tertiary/aromatic N) is 4. The molecule has 2 N–H and O–H groups in total. The Morgan fingerprint density at radius 3 is 2.52 bits per heavy atom. The molecule has 176 valence electrons. The number of hydrogen-bond donors (Lipinski definition) is 2. The maximum Gasteiger partial charge on any atom is 0.332 e. The van der Waals surface area contributed by atoms with Crippen LogP contribution in [-0.4, -0.2) is 39.6 Å². The first-order chi connectivity index (χ1) is 15.6. The molecule has 2 heterocycles. The molecule has 3 rings (SSSR count). The van der Waals surface area contributed by atoms with E-state index in [-0.39, 0.29) is 24.6 Å². The van der Waals surface area contributed by atoms with Crippen molar-refractivity contribution in [2.45, 2.75) is 25.1 Å². The van der Waals surface area contributed by atoms with Crippen LogP contribution >= 0.6 is 0 Å². The largest absolute Gasteiger partial charge is 0.332 e. The molecule has 3 aromatic rings. The first-order valence-corrected chi connectivity index (χ1v) is 11.9. The number of anilines is 1. The van der Waals surface area contributed by atoms with Crippen molar-refractivity contribution < 1.29 is 13.2 Å². The molecule has 0 aliphatic carbocycles. The van der Waals surface area contributed by atoms with E-state index in [1.54, 1.807) is 35.9 Å². The van der Waals surface area contributed by atoms with E-state index < -0.39 is 21.3 Å². The van der Waals surface area contributed by atoms with E-state index in [1.165, 1.54) is 24.0 Å². The van der Waals surface area contributed by atoms with Gasteiger partial charge in [-0.25, -0.2) is 22.9 Å². The van der Waals surface area contributed by atoms with Gasteiger partial charge in [-0.2, -0.15) is 0 Å². The van der Waals surface area contributed by atoms with Crippen LogP contribution in [0.4, 0.5) is 5.69 Å². The predicted octanol–water partition coefficient (Wildman–Crippen LogP) is 0.458. The van der Waals surface area contributed by atoms with E-state index in [9.17, 15) is 22.8 Å². The van der Waals surface area contributed by atoms with E-state index in [0.29, 0.717) is 35.4 Å². The van der Waals surface area contributed by atoms with Gasteiger partial charge in [0.15, 0.2) is 11.2 Å². The van der Waals surface area contributed by atoms with E-state index in [1.807, 2.05) is 0 Å². The monoisotopic (exact) mass is 474 g/mol. The van der Waals surface area contributed by atoms with Crippen LogP contribution in [0.15, 0.2) is 52.8 Å². The fourth-order valence-corrected chi connectivity index (χ4v) is 4.45. The lowest BCUT2D eigenvalue weighted by molar-refractivity contribution is -0.116. The van der Waals surface area contributed by atoms with Gasteiger partial charge in [0, 0.05) is 39.3 Å². The van der Waals surface area contributed by atoms with Crippen molar-refractivity contribution in [3.63, 3.8) is 0 Å². The van der Waals surface area contributed by atoms with E-state index in [2.05, 4.69) is 21.6 Å². The molecule has 0 radical (unpaired) electrons. The third-order valence-corrected chi connectivity index (χ3v) is 6.38. The summed E-state index contributed by atoms with van der Waals surface area (Å²) in [6, 6.07) is 6.56. The molecule has 0 bridgehead atoms. The lowest BCUT2D eigenvalue weighted by atomic mass is 10.2. The van der Waals surface area contributed by atoms with Crippen LogP contribution in [0.5, 0.6) is 0 Å². The molecule has 0 saturated heterocycles. The normalized spacial score (nSPS) is 11.6. The zero-order valence-electron chi connectivity index (χ0n) is 18.4. The number of amides is 1. The number of aryl methyl sites for hydroxylation is 2. The molecule has 0 spiro atoms. The Balaban J connectivity index is 1.57. The molecule has 0 aliphatic rings. The van der Waals surface area contributed by atoms with Crippen LogP contribution in [0.2, 0.25) is 0 Å².